The highest BCUT2D eigenvalue weighted by atomic mass is 32.2. The van der Waals surface area contributed by atoms with Crippen molar-refractivity contribution in [3.8, 4) is 5.69 Å². The average molecular weight is 437 g/mol. The van der Waals surface area contributed by atoms with Crippen LogP contribution in [0.4, 0.5) is 4.39 Å². The molecule has 0 aliphatic carbocycles. The predicted octanol–water partition coefficient (Wildman–Crippen LogP) is 2.71. The number of rotatable bonds is 5. The van der Waals surface area contributed by atoms with Crippen molar-refractivity contribution in [1.82, 2.24) is 19.1 Å². The van der Waals surface area contributed by atoms with Gasteiger partial charge in [-0.15, -0.1) is 11.3 Å². The highest BCUT2D eigenvalue weighted by Gasteiger charge is 2.31. The molecule has 3 heterocycles. The van der Waals surface area contributed by atoms with Crippen LogP contribution in [-0.2, 0) is 16.4 Å². The second kappa shape index (κ2) is 7.85. The summed E-state index contributed by atoms with van der Waals surface area (Å²) in [6, 6.07) is 9.52. The van der Waals surface area contributed by atoms with Crippen LogP contribution in [0.3, 0.4) is 0 Å². The Hall–Kier alpha value is -2.30. The zero-order valence-corrected chi connectivity index (χ0v) is 17.5. The highest BCUT2D eigenvalue weighted by Crippen LogP contribution is 2.29. The molecule has 0 bridgehead atoms. The van der Waals surface area contributed by atoms with Crippen LogP contribution >= 0.6 is 11.3 Å². The van der Waals surface area contributed by atoms with Crippen molar-refractivity contribution in [2.24, 2.45) is 5.92 Å². The van der Waals surface area contributed by atoms with Crippen LogP contribution in [0.1, 0.15) is 23.5 Å². The Morgan fingerprint density at radius 2 is 1.93 bits per heavy atom. The van der Waals surface area contributed by atoms with Crippen molar-refractivity contribution in [1.29, 1.82) is 0 Å². The number of para-hydroxylation sites is 1. The van der Waals surface area contributed by atoms with E-state index in [1.807, 2.05) is 13.0 Å². The summed E-state index contributed by atoms with van der Waals surface area (Å²) < 4.78 is 42.9. The van der Waals surface area contributed by atoms with Gasteiger partial charge < -0.3 is 0 Å². The summed E-state index contributed by atoms with van der Waals surface area (Å²) in [6.07, 6.45) is 1.78. The number of aryl methyl sites for hydroxylation is 1. The molecule has 10 heteroatoms. The molecule has 1 saturated heterocycles. The lowest BCUT2D eigenvalue weighted by molar-refractivity contribution is 0.270. The number of hydrogen-bond donors (Lipinski definition) is 1. The largest absolute Gasteiger partial charge is 0.348 e. The summed E-state index contributed by atoms with van der Waals surface area (Å²) in [5.41, 5.74) is -0.326. The van der Waals surface area contributed by atoms with E-state index in [-0.39, 0.29) is 11.6 Å². The van der Waals surface area contributed by atoms with Gasteiger partial charge in [0.15, 0.2) is 0 Å². The van der Waals surface area contributed by atoms with E-state index >= 15 is 0 Å². The number of nitrogens with one attached hydrogen (secondary N) is 1. The Morgan fingerprint density at radius 3 is 2.59 bits per heavy atom. The summed E-state index contributed by atoms with van der Waals surface area (Å²) in [6.45, 7) is 2.71. The van der Waals surface area contributed by atoms with Crippen LogP contribution in [0.15, 0.2) is 45.4 Å². The number of thiophene rings is 1. The molecule has 1 aliphatic heterocycles. The summed E-state index contributed by atoms with van der Waals surface area (Å²) in [5.74, 6) is 0.118. The third-order valence-corrected chi connectivity index (χ3v) is 8.56. The summed E-state index contributed by atoms with van der Waals surface area (Å²) in [7, 11) is -3.46. The third-order valence-electron chi connectivity index (χ3n) is 5.19. The molecule has 1 fully saturated rings. The van der Waals surface area contributed by atoms with Gasteiger partial charge in [0.25, 0.3) is 10.0 Å². The monoisotopic (exact) mass is 436 g/mol. The predicted molar refractivity (Wildman–Crippen MR) is 108 cm³/mol. The maximum Gasteiger partial charge on any atom is 0.348 e. The smallest absolute Gasteiger partial charge is 0.246 e. The topological polar surface area (TPSA) is 88.1 Å². The normalized spacial score (nSPS) is 16.3. The molecular formula is C19H21FN4O3S2. The molecule has 3 aromatic rings. The van der Waals surface area contributed by atoms with E-state index in [9.17, 15) is 17.6 Å². The maximum absolute atomic E-state index is 14.2. The van der Waals surface area contributed by atoms with Gasteiger partial charge in [0.2, 0.25) is 0 Å². The van der Waals surface area contributed by atoms with E-state index in [1.54, 1.807) is 18.2 Å². The number of H-pyrrole nitrogens is 1. The Labute approximate surface area is 171 Å². The average Bonchev–Trinajstić information content (AvgIpc) is 3.29. The fourth-order valence-electron chi connectivity index (χ4n) is 3.64. The standard InChI is InChI=1S/C19H21FN4O3S2/c1-13-6-7-18(28-13)29(26,27)23-10-8-14(9-11-23)12-17-21-22-19(25)24(17)16-5-3-2-4-15(16)20/h2-7,14H,8-12H2,1H3,(H,22,25). The van der Waals surface area contributed by atoms with Gasteiger partial charge in [0.1, 0.15) is 15.9 Å². The molecule has 0 amide bonds. The van der Waals surface area contributed by atoms with Crippen molar-refractivity contribution >= 4 is 21.4 Å². The molecule has 4 rings (SSSR count). The molecule has 0 atom stereocenters. The number of aromatic amines is 1. The van der Waals surface area contributed by atoms with Crippen molar-refractivity contribution in [3.05, 3.63) is 63.4 Å². The first-order valence-electron chi connectivity index (χ1n) is 9.34. The number of sulfonamides is 1. The molecule has 0 unspecified atom stereocenters. The van der Waals surface area contributed by atoms with Gasteiger partial charge >= 0.3 is 5.69 Å². The minimum absolute atomic E-state index is 0.159. The summed E-state index contributed by atoms with van der Waals surface area (Å²) in [5, 5.41) is 6.47. The van der Waals surface area contributed by atoms with Crippen LogP contribution < -0.4 is 5.69 Å². The summed E-state index contributed by atoms with van der Waals surface area (Å²) >= 11 is 1.28. The van der Waals surface area contributed by atoms with Gasteiger partial charge in [-0.2, -0.15) is 9.40 Å². The number of piperidine rings is 1. The van der Waals surface area contributed by atoms with Crippen LogP contribution in [0, 0.1) is 18.7 Å². The zero-order chi connectivity index (χ0) is 20.6. The highest BCUT2D eigenvalue weighted by molar-refractivity contribution is 7.91. The van der Waals surface area contributed by atoms with Gasteiger partial charge in [0, 0.05) is 24.4 Å². The second-order valence-corrected chi connectivity index (χ2v) is 10.6. The van der Waals surface area contributed by atoms with Gasteiger partial charge in [-0.1, -0.05) is 12.1 Å². The molecule has 0 spiro atoms. The van der Waals surface area contributed by atoms with E-state index in [0.29, 0.717) is 42.4 Å². The first kappa shape index (κ1) is 20.0. The zero-order valence-electron chi connectivity index (χ0n) is 15.8. The van der Waals surface area contributed by atoms with E-state index in [0.717, 1.165) is 4.88 Å². The van der Waals surface area contributed by atoms with Crippen molar-refractivity contribution in [2.75, 3.05) is 13.1 Å². The lowest BCUT2D eigenvalue weighted by Crippen LogP contribution is -2.38. The molecule has 2 aromatic heterocycles. The van der Waals surface area contributed by atoms with Crippen molar-refractivity contribution < 1.29 is 12.8 Å². The van der Waals surface area contributed by atoms with Gasteiger partial charge in [-0.25, -0.2) is 27.3 Å². The minimum atomic E-state index is -3.46. The third kappa shape index (κ3) is 3.92. The number of hydrogen-bond acceptors (Lipinski definition) is 5. The lowest BCUT2D eigenvalue weighted by Gasteiger charge is -2.30. The first-order valence-corrected chi connectivity index (χ1v) is 11.6. The first-order chi connectivity index (χ1) is 13.9. The van der Waals surface area contributed by atoms with E-state index < -0.39 is 21.5 Å². The number of nitrogens with zero attached hydrogens (tertiary/aromatic N) is 3. The van der Waals surface area contributed by atoms with E-state index in [1.165, 1.54) is 32.3 Å². The van der Waals surface area contributed by atoms with Crippen LogP contribution in [0.2, 0.25) is 0 Å². The lowest BCUT2D eigenvalue weighted by atomic mass is 9.94. The molecule has 0 radical (unpaired) electrons. The second-order valence-electron chi connectivity index (χ2n) is 7.15. The van der Waals surface area contributed by atoms with Crippen LogP contribution in [-0.4, -0.2) is 40.6 Å². The number of aromatic nitrogens is 3. The fourth-order valence-corrected chi connectivity index (χ4v) is 6.55. The molecule has 29 heavy (non-hydrogen) atoms. The molecule has 1 aromatic carbocycles. The summed E-state index contributed by atoms with van der Waals surface area (Å²) in [4.78, 5) is 13.1. The maximum atomic E-state index is 14.2. The van der Waals surface area contributed by atoms with Crippen molar-refractivity contribution in [2.45, 2.75) is 30.4 Å². The van der Waals surface area contributed by atoms with E-state index in [4.69, 9.17) is 0 Å². The molecule has 1 aliphatic rings. The SMILES string of the molecule is Cc1ccc(S(=O)(=O)N2CCC(Cc3n[nH]c(=O)n3-c3ccccc3F)CC2)s1. The quantitative estimate of drug-likeness (QED) is 0.666. The Morgan fingerprint density at radius 1 is 1.21 bits per heavy atom. The van der Waals surface area contributed by atoms with Gasteiger partial charge in [-0.3, -0.25) is 0 Å². The van der Waals surface area contributed by atoms with Crippen LogP contribution in [0.25, 0.3) is 5.69 Å². The van der Waals surface area contributed by atoms with Crippen LogP contribution in [0.5, 0.6) is 0 Å². The molecule has 7 nitrogen and oxygen atoms in total. The van der Waals surface area contributed by atoms with Gasteiger partial charge in [-0.05, 0) is 49.9 Å². The Balaban J connectivity index is 1.48. The fraction of sp³-hybridized carbons (Fsp3) is 0.368. The van der Waals surface area contributed by atoms with E-state index in [2.05, 4.69) is 10.2 Å². The minimum Gasteiger partial charge on any atom is -0.246 e. The molecule has 1 N–H and O–H groups in total. The number of benzene rings is 1. The molecular weight excluding hydrogens is 415 g/mol. The Bertz CT molecular complexity index is 1170. The molecule has 0 saturated carbocycles. The Kier molecular flexibility index (Phi) is 5.41. The molecule has 154 valence electrons. The number of halogens is 1. The van der Waals surface area contributed by atoms with Gasteiger partial charge in [0.05, 0.1) is 5.69 Å². The van der Waals surface area contributed by atoms with Crippen molar-refractivity contribution in [3.63, 3.8) is 0 Å².